The van der Waals surface area contributed by atoms with Gasteiger partial charge in [0.2, 0.25) is 0 Å². The molecular weight excluding hydrogens is 192 g/mol. The SMILES string of the molecule is CC1(C)C(C(=O)O)C1c1ccccc1O. The molecule has 3 heteroatoms. The van der Waals surface area contributed by atoms with Gasteiger partial charge < -0.3 is 10.2 Å². The molecule has 2 N–H and O–H groups in total. The van der Waals surface area contributed by atoms with Crippen molar-refractivity contribution in [2.24, 2.45) is 11.3 Å². The number of carbonyl (C=O) groups is 1. The van der Waals surface area contributed by atoms with E-state index in [1.165, 1.54) is 0 Å². The van der Waals surface area contributed by atoms with Crippen LogP contribution in [0.2, 0.25) is 0 Å². The van der Waals surface area contributed by atoms with E-state index >= 15 is 0 Å². The fourth-order valence-electron chi connectivity index (χ4n) is 2.43. The zero-order valence-corrected chi connectivity index (χ0v) is 8.77. The van der Waals surface area contributed by atoms with Crippen LogP contribution in [0.1, 0.15) is 25.3 Å². The molecule has 0 saturated heterocycles. The average molecular weight is 206 g/mol. The van der Waals surface area contributed by atoms with Crippen molar-refractivity contribution in [3.05, 3.63) is 29.8 Å². The van der Waals surface area contributed by atoms with Crippen molar-refractivity contribution in [3.8, 4) is 5.75 Å². The van der Waals surface area contributed by atoms with Crippen LogP contribution in [0.3, 0.4) is 0 Å². The Kier molecular flexibility index (Phi) is 2.00. The number of aliphatic carboxylic acids is 1. The molecule has 3 nitrogen and oxygen atoms in total. The Bertz CT molecular complexity index is 409. The molecule has 2 rings (SSSR count). The highest BCUT2D eigenvalue weighted by Crippen LogP contribution is 2.65. The van der Waals surface area contributed by atoms with Gasteiger partial charge in [-0.05, 0) is 17.0 Å². The smallest absolute Gasteiger partial charge is 0.307 e. The molecular formula is C12H14O3. The van der Waals surface area contributed by atoms with Crippen LogP contribution in [-0.2, 0) is 4.79 Å². The zero-order valence-electron chi connectivity index (χ0n) is 8.77. The fraction of sp³-hybridized carbons (Fsp3) is 0.417. The van der Waals surface area contributed by atoms with Gasteiger partial charge in [0.15, 0.2) is 0 Å². The van der Waals surface area contributed by atoms with Crippen molar-refractivity contribution in [1.82, 2.24) is 0 Å². The maximum Gasteiger partial charge on any atom is 0.307 e. The third kappa shape index (κ3) is 1.39. The minimum Gasteiger partial charge on any atom is -0.508 e. The predicted octanol–water partition coefficient (Wildman–Crippen LogP) is 2.22. The largest absolute Gasteiger partial charge is 0.508 e. The summed E-state index contributed by atoms with van der Waals surface area (Å²) in [4.78, 5) is 11.0. The quantitative estimate of drug-likeness (QED) is 0.780. The van der Waals surface area contributed by atoms with E-state index in [0.29, 0.717) is 0 Å². The van der Waals surface area contributed by atoms with Gasteiger partial charge in [0.1, 0.15) is 5.75 Å². The summed E-state index contributed by atoms with van der Waals surface area (Å²) in [6.07, 6.45) is 0. The topological polar surface area (TPSA) is 57.5 Å². The number of hydrogen-bond acceptors (Lipinski definition) is 2. The molecule has 0 aliphatic heterocycles. The monoisotopic (exact) mass is 206 g/mol. The molecule has 1 aliphatic carbocycles. The minimum atomic E-state index is -0.784. The van der Waals surface area contributed by atoms with Crippen LogP contribution in [0.25, 0.3) is 0 Å². The molecule has 1 aliphatic rings. The third-order valence-corrected chi connectivity index (χ3v) is 3.37. The van der Waals surface area contributed by atoms with Crippen LogP contribution < -0.4 is 0 Å². The van der Waals surface area contributed by atoms with Crippen molar-refractivity contribution < 1.29 is 15.0 Å². The predicted molar refractivity (Wildman–Crippen MR) is 55.8 cm³/mol. The lowest BCUT2D eigenvalue weighted by Gasteiger charge is -2.04. The molecule has 2 atom stereocenters. The summed E-state index contributed by atoms with van der Waals surface area (Å²) in [6.45, 7) is 3.84. The van der Waals surface area contributed by atoms with Crippen molar-refractivity contribution in [1.29, 1.82) is 0 Å². The number of hydrogen-bond donors (Lipinski definition) is 2. The first kappa shape index (κ1) is 10.0. The average Bonchev–Trinajstić information content (AvgIpc) is 2.70. The van der Waals surface area contributed by atoms with E-state index in [1.807, 2.05) is 19.9 Å². The van der Waals surface area contributed by atoms with E-state index < -0.39 is 5.97 Å². The summed E-state index contributed by atoms with van der Waals surface area (Å²) < 4.78 is 0. The molecule has 0 amide bonds. The van der Waals surface area contributed by atoms with Gasteiger partial charge in [-0.25, -0.2) is 0 Å². The Labute approximate surface area is 88.4 Å². The van der Waals surface area contributed by atoms with Crippen molar-refractivity contribution >= 4 is 5.97 Å². The van der Waals surface area contributed by atoms with Gasteiger partial charge >= 0.3 is 5.97 Å². The van der Waals surface area contributed by atoms with Crippen LogP contribution in [-0.4, -0.2) is 16.2 Å². The van der Waals surface area contributed by atoms with Gasteiger partial charge in [-0.3, -0.25) is 4.79 Å². The highest BCUT2D eigenvalue weighted by atomic mass is 16.4. The second-order valence-electron chi connectivity index (χ2n) is 4.67. The van der Waals surface area contributed by atoms with E-state index in [0.717, 1.165) is 5.56 Å². The number of carboxylic acids is 1. The first-order chi connectivity index (χ1) is 6.96. The highest BCUT2D eigenvalue weighted by Gasteiger charge is 2.63. The summed E-state index contributed by atoms with van der Waals surface area (Å²) in [5.41, 5.74) is 0.486. The lowest BCUT2D eigenvalue weighted by Crippen LogP contribution is -2.03. The van der Waals surface area contributed by atoms with Gasteiger partial charge in [0, 0.05) is 5.92 Å². The highest BCUT2D eigenvalue weighted by molar-refractivity contribution is 5.78. The van der Waals surface area contributed by atoms with Crippen LogP contribution in [0, 0.1) is 11.3 Å². The molecule has 0 heterocycles. The fourth-order valence-corrected chi connectivity index (χ4v) is 2.43. The number of phenols is 1. The molecule has 80 valence electrons. The number of benzene rings is 1. The Morgan fingerprint density at radius 3 is 2.40 bits per heavy atom. The summed E-state index contributed by atoms with van der Waals surface area (Å²) in [5.74, 6) is -1.05. The van der Waals surface area contributed by atoms with Crippen LogP contribution in [0.5, 0.6) is 5.75 Å². The molecule has 1 fully saturated rings. The van der Waals surface area contributed by atoms with Crippen molar-refractivity contribution in [2.45, 2.75) is 19.8 Å². The zero-order chi connectivity index (χ0) is 11.2. The molecule has 0 radical (unpaired) electrons. The van der Waals surface area contributed by atoms with Gasteiger partial charge in [0.25, 0.3) is 0 Å². The summed E-state index contributed by atoms with van der Waals surface area (Å²) in [6, 6.07) is 6.96. The number of carboxylic acid groups (broad SMARTS) is 1. The normalized spacial score (nSPS) is 27.3. The third-order valence-electron chi connectivity index (χ3n) is 3.37. The number of para-hydroxylation sites is 1. The first-order valence-corrected chi connectivity index (χ1v) is 4.97. The molecule has 0 bridgehead atoms. The van der Waals surface area contributed by atoms with Crippen molar-refractivity contribution in [2.75, 3.05) is 0 Å². The molecule has 15 heavy (non-hydrogen) atoms. The lowest BCUT2D eigenvalue weighted by atomic mass is 10.0. The van der Waals surface area contributed by atoms with Crippen LogP contribution >= 0.6 is 0 Å². The van der Waals surface area contributed by atoms with Gasteiger partial charge in [-0.1, -0.05) is 32.0 Å². The Morgan fingerprint density at radius 2 is 1.93 bits per heavy atom. The van der Waals surface area contributed by atoms with Gasteiger partial charge in [-0.2, -0.15) is 0 Å². The minimum absolute atomic E-state index is 0.0730. The van der Waals surface area contributed by atoms with Crippen molar-refractivity contribution in [3.63, 3.8) is 0 Å². The molecule has 2 unspecified atom stereocenters. The number of rotatable bonds is 2. The summed E-state index contributed by atoms with van der Waals surface area (Å²) in [5, 5.41) is 18.7. The number of phenolic OH excluding ortho intramolecular Hbond substituents is 1. The second-order valence-corrected chi connectivity index (χ2v) is 4.67. The molecule has 0 aromatic heterocycles. The maximum absolute atomic E-state index is 11.0. The van der Waals surface area contributed by atoms with Gasteiger partial charge in [-0.15, -0.1) is 0 Å². The first-order valence-electron chi connectivity index (χ1n) is 4.97. The Hall–Kier alpha value is -1.51. The summed E-state index contributed by atoms with van der Waals surface area (Å²) in [7, 11) is 0. The van der Waals surface area contributed by atoms with E-state index in [1.54, 1.807) is 18.2 Å². The second kappa shape index (κ2) is 2.99. The lowest BCUT2D eigenvalue weighted by molar-refractivity contribution is -0.139. The van der Waals surface area contributed by atoms with E-state index in [4.69, 9.17) is 5.11 Å². The Morgan fingerprint density at radius 1 is 1.33 bits per heavy atom. The standard InChI is InChI=1S/C12H14O3/c1-12(2)9(10(12)11(14)15)7-5-3-4-6-8(7)13/h3-6,9-10,13H,1-2H3,(H,14,15). The molecule has 1 aromatic carbocycles. The number of aromatic hydroxyl groups is 1. The molecule has 1 saturated carbocycles. The van der Waals surface area contributed by atoms with Crippen LogP contribution in [0.15, 0.2) is 24.3 Å². The maximum atomic E-state index is 11.0. The van der Waals surface area contributed by atoms with E-state index in [9.17, 15) is 9.90 Å². The van der Waals surface area contributed by atoms with Gasteiger partial charge in [0.05, 0.1) is 5.92 Å². The Balaban J connectivity index is 2.36. The molecule has 0 spiro atoms. The van der Waals surface area contributed by atoms with E-state index in [-0.39, 0.29) is 23.0 Å². The van der Waals surface area contributed by atoms with E-state index in [2.05, 4.69) is 0 Å². The summed E-state index contributed by atoms with van der Waals surface area (Å²) >= 11 is 0. The molecule has 1 aromatic rings. The van der Waals surface area contributed by atoms with Crippen LogP contribution in [0.4, 0.5) is 0 Å².